The maximum atomic E-state index is 11.2. The summed E-state index contributed by atoms with van der Waals surface area (Å²) in [6, 6.07) is 8.03. The van der Waals surface area contributed by atoms with E-state index in [2.05, 4.69) is 6.26 Å². The number of carboxylic acid groups (broad SMARTS) is 1. The Balaban J connectivity index is 2.61. The van der Waals surface area contributed by atoms with Crippen LogP contribution in [0, 0.1) is 12.8 Å². The number of rotatable bonds is 7. The van der Waals surface area contributed by atoms with E-state index in [9.17, 15) is 9.90 Å². The second-order valence-corrected chi connectivity index (χ2v) is 5.29. The predicted octanol–water partition coefficient (Wildman–Crippen LogP) is 3.38. The van der Waals surface area contributed by atoms with Crippen molar-refractivity contribution in [1.29, 1.82) is 0 Å². The van der Waals surface area contributed by atoms with Crippen LogP contribution in [-0.4, -0.2) is 23.1 Å². The zero-order valence-electron chi connectivity index (χ0n) is 10.5. The summed E-state index contributed by atoms with van der Waals surface area (Å²) in [5, 5.41) is 9.22. The Kier molecular flexibility index (Phi) is 6.12. The third-order valence-electron chi connectivity index (χ3n) is 2.98. The lowest BCUT2D eigenvalue weighted by Crippen LogP contribution is -2.17. The Morgan fingerprint density at radius 2 is 2.12 bits per heavy atom. The minimum absolute atomic E-state index is 0.247. The SMILES string of the molecule is CSCCCC(Cc1ccccc1C)C(=O)O. The molecule has 1 aromatic carbocycles. The minimum atomic E-state index is -0.672. The number of hydrogen-bond donors (Lipinski definition) is 1. The molecule has 1 unspecified atom stereocenters. The quantitative estimate of drug-likeness (QED) is 0.756. The van der Waals surface area contributed by atoms with Crippen LogP contribution in [-0.2, 0) is 11.2 Å². The van der Waals surface area contributed by atoms with Crippen LogP contribution in [0.1, 0.15) is 24.0 Å². The lowest BCUT2D eigenvalue weighted by atomic mass is 9.93. The summed E-state index contributed by atoms with van der Waals surface area (Å²) in [6.07, 6.45) is 4.45. The van der Waals surface area contributed by atoms with Gasteiger partial charge < -0.3 is 5.11 Å². The first-order valence-corrected chi connectivity index (χ1v) is 7.30. The van der Waals surface area contributed by atoms with Gasteiger partial charge in [-0.05, 0) is 49.3 Å². The molecule has 1 N–H and O–H groups in total. The van der Waals surface area contributed by atoms with Gasteiger partial charge in [0.05, 0.1) is 5.92 Å². The molecule has 0 amide bonds. The molecule has 1 atom stereocenters. The van der Waals surface area contributed by atoms with E-state index < -0.39 is 5.97 Å². The van der Waals surface area contributed by atoms with E-state index in [-0.39, 0.29) is 5.92 Å². The highest BCUT2D eigenvalue weighted by Gasteiger charge is 2.18. The van der Waals surface area contributed by atoms with Crippen molar-refractivity contribution in [2.45, 2.75) is 26.2 Å². The van der Waals surface area contributed by atoms with Gasteiger partial charge in [-0.3, -0.25) is 4.79 Å². The van der Waals surface area contributed by atoms with E-state index in [0.29, 0.717) is 6.42 Å². The predicted molar refractivity (Wildman–Crippen MR) is 73.6 cm³/mol. The second-order valence-electron chi connectivity index (χ2n) is 4.30. The fourth-order valence-corrected chi connectivity index (χ4v) is 2.35. The molecule has 0 aliphatic carbocycles. The van der Waals surface area contributed by atoms with Crippen molar-refractivity contribution in [3.63, 3.8) is 0 Å². The summed E-state index contributed by atoms with van der Waals surface area (Å²) < 4.78 is 0. The van der Waals surface area contributed by atoms with Crippen LogP contribution >= 0.6 is 11.8 Å². The smallest absolute Gasteiger partial charge is 0.306 e. The summed E-state index contributed by atoms with van der Waals surface area (Å²) in [7, 11) is 0. The monoisotopic (exact) mass is 252 g/mol. The van der Waals surface area contributed by atoms with Gasteiger partial charge in [0.1, 0.15) is 0 Å². The van der Waals surface area contributed by atoms with Crippen molar-refractivity contribution in [2.75, 3.05) is 12.0 Å². The van der Waals surface area contributed by atoms with E-state index in [4.69, 9.17) is 0 Å². The molecule has 0 saturated heterocycles. The molecule has 0 heterocycles. The fourth-order valence-electron chi connectivity index (χ4n) is 1.89. The van der Waals surface area contributed by atoms with Gasteiger partial charge in [0.2, 0.25) is 0 Å². The zero-order chi connectivity index (χ0) is 12.7. The molecular weight excluding hydrogens is 232 g/mol. The molecule has 1 aromatic rings. The first-order chi connectivity index (χ1) is 8.15. The molecule has 0 aliphatic rings. The Bertz CT molecular complexity index is 363. The average molecular weight is 252 g/mol. The molecular formula is C14H20O2S. The van der Waals surface area contributed by atoms with Crippen LogP contribution in [0.15, 0.2) is 24.3 Å². The summed E-state index contributed by atoms with van der Waals surface area (Å²) in [6.45, 7) is 2.04. The molecule has 0 aromatic heterocycles. The second kappa shape index (κ2) is 7.38. The molecule has 94 valence electrons. The van der Waals surface area contributed by atoms with Crippen LogP contribution in [0.4, 0.5) is 0 Å². The highest BCUT2D eigenvalue weighted by atomic mass is 32.2. The summed E-state index contributed by atoms with van der Waals surface area (Å²) in [5.41, 5.74) is 2.34. The largest absolute Gasteiger partial charge is 0.481 e. The summed E-state index contributed by atoms with van der Waals surface area (Å²) >= 11 is 1.77. The maximum absolute atomic E-state index is 11.2. The standard InChI is InChI=1S/C14H20O2S/c1-11-6-3-4-7-12(11)10-13(14(15)16)8-5-9-17-2/h3-4,6-7,13H,5,8-10H2,1-2H3,(H,15,16). The van der Waals surface area contributed by atoms with Crippen molar-refractivity contribution < 1.29 is 9.90 Å². The van der Waals surface area contributed by atoms with Crippen LogP contribution < -0.4 is 0 Å². The van der Waals surface area contributed by atoms with Crippen LogP contribution in [0.5, 0.6) is 0 Å². The molecule has 0 radical (unpaired) electrons. The molecule has 3 heteroatoms. The fraction of sp³-hybridized carbons (Fsp3) is 0.500. The number of hydrogen-bond acceptors (Lipinski definition) is 2. The molecule has 17 heavy (non-hydrogen) atoms. The van der Waals surface area contributed by atoms with Gasteiger partial charge in [-0.1, -0.05) is 24.3 Å². The number of carbonyl (C=O) groups is 1. The first-order valence-electron chi connectivity index (χ1n) is 5.91. The molecule has 0 spiro atoms. The van der Waals surface area contributed by atoms with Gasteiger partial charge in [-0.15, -0.1) is 0 Å². The van der Waals surface area contributed by atoms with Gasteiger partial charge >= 0.3 is 5.97 Å². The average Bonchev–Trinajstić information content (AvgIpc) is 2.30. The summed E-state index contributed by atoms with van der Waals surface area (Å²) in [4.78, 5) is 11.2. The van der Waals surface area contributed by atoms with E-state index in [1.54, 1.807) is 11.8 Å². The molecule has 0 aliphatic heterocycles. The van der Waals surface area contributed by atoms with E-state index in [1.165, 1.54) is 5.56 Å². The molecule has 0 bridgehead atoms. The number of carboxylic acids is 1. The number of benzene rings is 1. The van der Waals surface area contributed by atoms with Gasteiger partial charge in [0.25, 0.3) is 0 Å². The van der Waals surface area contributed by atoms with Gasteiger partial charge in [0, 0.05) is 0 Å². The van der Waals surface area contributed by atoms with Crippen LogP contribution in [0.25, 0.3) is 0 Å². The number of aliphatic carboxylic acids is 1. The highest BCUT2D eigenvalue weighted by Crippen LogP contribution is 2.18. The molecule has 0 saturated carbocycles. The van der Waals surface area contributed by atoms with E-state index in [0.717, 1.165) is 24.2 Å². The zero-order valence-corrected chi connectivity index (χ0v) is 11.3. The summed E-state index contributed by atoms with van der Waals surface area (Å²) in [5.74, 6) is 0.120. The van der Waals surface area contributed by atoms with E-state index >= 15 is 0 Å². The molecule has 0 fully saturated rings. The van der Waals surface area contributed by atoms with Crippen molar-refractivity contribution in [2.24, 2.45) is 5.92 Å². The Morgan fingerprint density at radius 3 is 2.71 bits per heavy atom. The highest BCUT2D eigenvalue weighted by molar-refractivity contribution is 7.98. The first kappa shape index (κ1) is 14.1. The van der Waals surface area contributed by atoms with Gasteiger partial charge in [-0.2, -0.15) is 11.8 Å². The minimum Gasteiger partial charge on any atom is -0.481 e. The van der Waals surface area contributed by atoms with Crippen molar-refractivity contribution in [3.8, 4) is 0 Å². The van der Waals surface area contributed by atoms with Gasteiger partial charge in [0.15, 0.2) is 0 Å². The Labute approximate surface area is 107 Å². The number of aryl methyl sites for hydroxylation is 1. The normalized spacial score (nSPS) is 12.4. The third-order valence-corrected chi connectivity index (χ3v) is 3.67. The Morgan fingerprint density at radius 1 is 1.41 bits per heavy atom. The van der Waals surface area contributed by atoms with Crippen molar-refractivity contribution >= 4 is 17.7 Å². The lowest BCUT2D eigenvalue weighted by Gasteiger charge is -2.13. The third kappa shape index (κ3) is 4.82. The van der Waals surface area contributed by atoms with Crippen LogP contribution in [0.3, 0.4) is 0 Å². The van der Waals surface area contributed by atoms with Crippen LogP contribution in [0.2, 0.25) is 0 Å². The lowest BCUT2D eigenvalue weighted by molar-refractivity contribution is -0.141. The topological polar surface area (TPSA) is 37.3 Å². The van der Waals surface area contributed by atoms with Gasteiger partial charge in [-0.25, -0.2) is 0 Å². The maximum Gasteiger partial charge on any atom is 0.306 e. The van der Waals surface area contributed by atoms with Crippen molar-refractivity contribution in [3.05, 3.63) is 35.4 Å². The molecule has 1 rings (SSSR count). The van der Waals surface area contributed by atoms with E-state index in [1.807, 2.05) is 31.2 Å². The Hall–Kier alpha value is -0.960. The number of thioether (sulfide) groups is 1. The molecule has 2 nitrogen and oxygen atoms in total. The van der Waals surface area contributed by atoms with Crippen molar-refractivity contribution in [1.82, 2.24) is 0 Å².